The highest BCUT2D eigenvalue weighted by molar-refractivity contribution is 5.19. The third kappa shape index (κ3) is 2.57. The molecule has 1 aromatic carbocycles. The molecular formula is C13H14N6O. The first-order chi connectivity index (χ1) is 9.84. The second-order valence-corrected chi connectivity index (χ2v) is 4.48. The summed E-state index contributed by atoms with van der Waals surface area (Å²) < 4.78 is 0. The largest absolute Gasteiger partial charge is 0.392 e. The topological polar surface area (TPSA) is 103 Å². The van der Waals surface area contributed by atoms with Crippen LogP contribution in [0, 0.1) is 0 Å². The Morgan fingerprint density at radius 2 is 2.05 bits per heavy atom. The van der Waals surface area contributed by atoms with Crippen LogP contribution in [0.1, 0.15) is 23.1 Å². The number of nitrogens with one attached hydrogen (secondary N) is 2. The lowest BCUT2D eigenvalue weighted by molar-refractivity contribution is 0.151. The highest BCUT2D eigenvalue weighted by Gasteiger charge is 2.29. The van der Waals surface area contributed by atoms with Crippen LogP contribution in [0.15, 0.2) is 42.7 Å². The van der Waals surface area contributed by atoms with E-state index in [1.165, 1.54) is 0 Å². The van der Waals surface area contributed by atoms with Gasteiger partial charge in [-0.05, 0) is 12.0 Å². The van der Waals surface area contributed by atoms with E-state index in [-0.39, 0.29) is 0 Å². The Balaban J connectivity index is 1.86. The zero-order chi connectivity index (χ0) is 13.8. The van der Waals surface area contributed by atoms with Gasteiger partial charge in [-0.1, -0.05) is 35.5 Å². The molecule has 2 aromatic heterocycles. The van der Waals surface area contributed by atoms with E-state index in [9.17, 15) is 5.11 Å². The molecule has 0 bridgehead atoms. The Bertz CT molecular complexity index is 588. The normalized spacial score (nSPS) is 14.1. The van der Waals surface area contributed by atoms with Gasteiger partial charge in [-0.25, -0.2) is 4.98 Å². The molecule has 2 heterocycles. The van der Waals surface area contributed by atoms with Crippen LogP contribution in [-0.2, 0) is 6.42 Å². The van der Waals surface area contributed by atoms with Crippen LogP contribution in [0.3, 0.4) is 0 Å². The lowest BCUT2D eigenvalue weighted by Gasteiger charge is -2.18. The Morgan fingerprint density at radius 3 is 2.70 bits per heavy atom. The first-order valence-electron chi connectivity index (χ1n) is 6.29. The van der Waals surface area contributed by atoms with Crippen LogP contribution in [0.5, 0.6) is 0 Å². The van der Waals surface area contributed by atoms with Gasteiger partial charge >= 0.3 is 0 Å². The summed E-state index contributed by atoms with van der Waals surface area (Å²) in [6, 6.07) is 9.77. The molecule has 7 nitrogen and oxygen atoms in total. The first kappa shape index (κ1) is 12.5. The molecule has 102 valence electrons. The summed E-state index contributed by atoms with van der Waals surface area (Å²) in [5.74, 6) is 0.599. The fourth-order valence-corrected chi connectivity index (χ4v) is 2.20. The van der Waals surface area contributed by atoms with Gasteiger partial charge in [0.1, 0.15) is 11.7 Å². The van der Waals surface area contributed by atoms with Crippen molar-refractivity contribution in [3.8, 4) is 0 Å². The number of rotatable bonds is 5. The van der Waals surface area contributed by atoms with E-state index < -0.39 is 12.0 Å². The molecule has 3 N–H and O–H groups in total. The second-order valence-electron chi connectivity index (χ2n) is 4.48. The molecule has 0 saturated carbocycles. The third-order valence-corrected chi connectivity index (χ3v) is 3.13. The summed E-state index contributed by atoms with van der Waals surface area (Å²) in [5, 5.41) is 24.4. The number of hydrogen-bond donors (Lipinski definition) is 3. The van der Waals surface area contributed by atoms with Gasteiger partial charge in [0, 0.05) is 12.4 Å². The fourth-order valence-electron chi connectivity index (χ4n) is 2.20. The number of aliphatic hydroxyl groups excluding tert-OH is 1. The number of imidazole rings is 1. The van der Waals surface area contributed by atoms with E-state index in [2.05, 4.69) is 30.6 Å². The predicted molar refractivity (Wildman–Crippen MR) is 70.8 cm³/mol. The van der Waals surface area contributed by atoms with Crippen LogP contribution in [-0.4, -0.2) is 41.8 Å². The number of benzene rings is 1. The van der Waals surface area contributed by atoms with E-state index in [1.54, 1.807) is 12.4 Å². The van der Waals surface area contributed by atoms with Crippen molar-refractivity contribution in [2.75, 3.05) is 0 Å². The SMILES string of the molecule is OC(Cc1ccccc1)C(c1nn[nH]n1)c1ncc[nH]1. The van der Waals surface area contributed by atoms with Crippen molar-refractivity contribution in [1.82, 2.24) is 30.6 Å². The van der Waals surface area contributed by atoms with Crippen molar-refractivity contribution in [3.63, 3.8) is 0 Å². The van der Waals surface area contributed by atoms with Crippen LogP contribution in [0.4, 0.5) is 0 Å². The summed E-state index contributed by atoms with van der Waals surface area (Å²) in [4.78, 5) is 7.20. The van der Waals surface area contributed by atoms with Crippen molar-refractivity contribution < 1.29 is 5.11 Å². The smallest absolute Gasteiger partial charge is 0.187 e. The maximum absolute atomic E-state index is 10.5. The standard InChI is InChI=1S/C13H14N6O/c20-10(8-9-4-2-1-3-5-9)11(12-14-6-7-15-12)13-16-18-19-17-13/h1-7,10-11,20H,8H2,(H,14,15)(H,16,17,18,19). The fraction of sp³-hybridized carbons (Fsp3) is 0.231. The summed E-state index contributed by atoms with van der Waals surface area (Å²) in [7, 11) is 0. The molecule has 0 aliphatic rings. The van der Waals surface area contributed by atoms with Gasteiger partial charge in [-0.15, -0.1) is 10.2 Å². The molecule has 0 aliphatic carbocycles. The molecule has 0 aliphatic heterocycles. The van der Waals surface area contributed by atoms with Gasteiger partial charge in [0.2, 0.25) is 0 Å². The van der Waals surface area contributed by atoms with Crippen LogP contribution < -0.4 is 0 Å². The van der Waals surface area contributed by atoms with E-state index >= 15 is 0 Å². The molecule has 0 spiro atoms. The van der Waals surface area contributed by atoms with Gasteiger partial charge < -0.3 is 10.1 Å². The highest BCUT2D eigenvalue weighted by Crippen LogP contribution is 2.24. The van der Waals surface area contributed by atoms with Gasteiger partial charge in [0.25, 0.3) is 0 Å². The van der Waals surface area contributed by atoms with E-state index in [0.29, 0.717) is 18.1 Å². The van der Waals surface area contributed by atoms with Gasteiger partial charge in [0.15, 0.2) is 5.82 Å². The number of aromatic nitrogens is 6. The molecule has 7 heteroatoms. The van der Waals surface area contributed by atoms with Gasteiger partial charge in [0.05, 0.1) is 6.10 Å². The monoisotopic (exact) mass is 270 g/mol. The third-order valence-electron chi connectivity index (χ3n) is 3.13. The van der Waals surface area contributed by atoms with Gasteiger partial charge in [-0.2, -0.15) is 5.21 Å². The minimum absolute atomic E-state index is 0.420. The Morgan fingerprint density at radius 1 is 1.20 bits per heavy atom. The summed E-state index contributed by atoms with van der Waals surface area (Å²) >= 11 is 0. The predicted octanol–water partition coefficient (Wildman–Crippen LogP) is 0.658. The zero-order valence-corrected chi connectivity index (χ0v) is 10.6. The lowest BCUT2D eigenvalue weighted by atomic mass is 9.95. The van der Waals surface area contributed by atoms with Crippen LogP contribution in [0.2, 0.25) is 0 Å². The molecule has 20 heavy (non-hydrogen) atoms. The highest BCUT2D eigenvalue weighted by atomic mass is 16.3. The maximum atomic E-state index is 10.5. The van der Waals surface area contributed by atoms with Gasteiger partial charge in [-0.3, -0.25) is 0 Å². The lowest BCUT2D eigenvalue weighted by Crippen LogP contribution is -2.24. The summed E-state index contributed by atoms with van der Waals surface area (Å²) in [6.07, 6.45) is 3.14. The quantitative estimate of drug-likeness (QED) is 0.632. The zero-order valence-electron chi connectivity index (χ0n) is 10.6. The first-order valence-corrected chi connectivity index (χ1v) is 6.29. The number of nitrogens with zero attached hydrogens (tertiary/aromatic N) is 4. The van der Waals surface area contributed by atoms with Crippen LogP contribution >= 0.6 is 0 Å². The number of aromatic amines is 2. The minimum Gasteiger partial charge on any atom is -0.392 e. The average Bonchev–Trinajstić information content (AvgIpc) is 3.14. The van der Waals surface area contributed by atoms with Crippen LogP contribution in [0.25, 0.3) is 0 Å². The Kier molecular flexibility index (Phi) is 3.51. The summed E-state index contributed by atoms with van der Waals surface area (Å²) in [5.41, 5.74) is 1.04. The van der Waals surface area contributed by atoms with Crippen molar-refractivity contribution in [1.29, 1.82) is 0 Å². The molecule has 0 radical (unpaired) electrons. The van der Waals surface area contributed by atoms with E-state index in [0.717, 1.165) is 5.56 Å². The Labute approximate surface area is 115 Å². The number of H-pyrrole nitrogens is 2. The molecule has 2 unspecified atom stereocenters. The van der Waals surface area contributed by atoms with Crippen molar-refractivity contribution in [2.45, 2.75) is 18.4 Å². The average molecular weight is 270 g/mol. The minimum atomic E-state index is -0.693. The van der Waals surface area contributed by atoms with Crippen molar-refractivity contribution in [2.24, 2.45) is 0 Å². The number of aliphatic hydroxyl groups is 1. The molecule has 3 rings (SSSR count). The molecule has 3 aromatic rings. The second kappa shape index (κ2) is 5.62. The number of tetrazole rings is 1. The molecule has 0 saturated heterocycles. The van der Waals surface area contributed by atoms with Crippen molar-refractivity contribution in [3.05, 3.63) is 59.9 Å². The van der Waals surface area contributed by atoms with E-state index in [1.807, 2.05) is 30.3 Å². The Hall–Kier alpha value is -2.54. The molecular weight excluding hydrogens is 256 g/mol. The maximum Gasteiger partial charge on any atom is 0.187 e. The number of hydrogen-bond acceptors (Lipinski definition) is 5. The van der Waals surface area contributed by atoms with E-state index in [4.69, 9.17) is 0 Å². The molecule has 0 amide bonds. The molecule has 2 atom stereocenters. The van der Waals surface area contributed by atoms with Crippen molar-refractivity contribution >= 4 is 0 Å². The summed E-state index contributed by atoms with van der Waals surface area (Å²) in [6.45, 7) is 0. The molecule has 0 fully saturated rings.